The van der Waals surface area contributed by atoms with Crippen molar-refractivity contribution in [2.75, 3.05) is 32.8 Å². The van der Waals surface area contributed by atoms with Gasteiger partial charge >= 0.3 is 0 Å². The molecule has 2 aromatic heterocycles. The summed E-state index contributed by atoms with van der Waals surface area (Å²) in [7, 11) is 0. The summed E-state index contributed by atoms with van der Waals surface area (Å²) in [6, 6.07) is 3.79. The Morgan fingerprint density at radius 1 is 1.36 bits per heavy atom. The highest BCUT2D eigenvalue weighted by Crippen LogP contribution is 2.23. The lowest BCUT2D eigenvalue weighted by Crippen LogP contribution is -2.46. The second kappa shape index (κ2) is 6.36. The van der Waals surface area contributed by atoms with Crippen LogP contribution in [0.15, 0.2) is 18.3 Å². The van der Waals surface area contributed by atoms with Gasteiger partial charge in [-0.15, -0.1) is 0 Å². The van der Waals surface area contributed by atoms with E-state index in [1.807, 2.05) is 41.5 Å². The molecule has 0 aliphatic carbocycles. The van der Waals surface area contributed by atoms with E-state index in [0.29, 0.717) is 12.3 Å². The third-order valence-electron chi connectivity index (χ3n) is 3.93. The Bertz CT molecular complexity index is 674. The Labute approximate surface area is 130 Å². The van der Waals surface area contributed by atoms with Crippen LogP contribution in [-0.4, -0.2) is 53.0 Å². The van der Waals surface area contributed by atoms with E-state index in [1.54, 1.807) is 0 Å². The number of nitrogens with one attached hydrogen (secondary N) is 1. The largest absolute Gasteiger partial charge is 0.490 e. The molecule has 1 saturated heterocycles. The van der Waals surface area contributed by atoms with Crippen molar-refractivity contribution in [1.82, 2.24) is 19.6 Å². The number of carbonyl (C=O) groups excluding carboxylic acids is 1. The zero-order chi connectivity index (χ0) is 15.5. The van der Waals surface area contributed by atoms with Gasteiger partial charge in [-0.3, -0.25) is 9.20 Å². The molecule has 2 aromatic rings. The first-order valence-corrected chi connectivity index (χ1v) is 7.89. The van der Waals surface area contributed by atoms with Gasteiger partial charge in [-0.1, -0.05) is 6.92 Å². The van der Waals surface area contributed by atoms with Crippen LogP contribution < -0.4 is 10.1 Å². The number of aryl methyl sites for hydroxylation is 1. The fourth-order valence-corrected chi connectivity index (χ4v) is 2.85. The lowest BCUT2D eigenvalue weighted by atomic mass is 10.2. The summed E-state index contributed by atoms with van der Waals surface area (Å²) in [4.78, 5) is 19.5. The van der Waals surface area contributed by atoms with Crippen molar-refractivity contribution in [2.24, 2.45) is 0 Å². The number of rotatable bonds is 4. The molecule has 3 rings (SSSR count). The monoisotopic (exact) mass is 302 g/mol. The van der Waals surface area contributed by atoms with Crippen LogP contribution >= 0.6 is 0 Å². The van der Waals surface area contributed by atoms with E-state index in [9.17, 15) is 4.79 Å². The lowest BCUT2D eigenvalue weighted by Gasteiger charge is -2.27. The third kappa shape index (κ3) is 2.54. The normalized spacial score (nSPS) is 15.3. The van der Waals surface area contributed by atoms with Gasteiger partial charge in [0.1, 0.15) is 5.69 Å². The number of carbonyl (C=O) groups is 1. The van der Waals surface area contributed by atoms with Gasteiger partial charge in [0.15, 0.2) is 11.4 Å². The van der Waals surface area contributed by atoms with Gasteiger partial charge < -0.3 is 15.0 Å². The molecule has 1 N–H and O–H groups in total. The van der Waals surface area contributed by atoms with E-state index in [2.05, 4.69) is 10.3 Å². The van der Waals surface area contributed by atoms with Gasteiger partial charge in [0.25, 0.3) is 5.91 Å². The minimum absolute atomic E-state index is 0.0551. The van der Waals surface area contributed by atoms with E-state index in [1.165, 1.54) is 0 Å². The molecule has 3 heterocycles. The first kappa shape index (κ1) is 14.8. The van der Waals surface area contributed by atoms with Crippen LogP contribution in [0.2, 0.25) is 0 Å². The second-order valence-corrected chi connectivity index (χ2v) is 5.30. The highest BCUT2D eigenvalue weighted by molar-refractivity contribution is 5.95. The molecular formula is C16H22N4O2. The second-order valence-electron chi connectivity index (χ2n) is 5.30. The Kier molecular flexibility index (Phi) is 4.29. The summed E-state index contributed by atoms with van der Waals surface area (Å²) in [6.07, 6.45) is 2.61. The summed E-state index contributed by atoms with van der Waals surface area (Å²) in [5, 5.41) is 3.27. The number of imidazole rings is 1. The Morgan fingerprint density at radius 2 is 2.14 bits per heavy atom. The maximum absolute atomic E-state index is 12.9. The van der Waals surface area contributed by atoms with E-state index in [0.717, 1.165) is 49.7 Å². The van der Waals surface area contributed by atoms with Crippen molar-refractivity contribution >= 4 is 11.6 Å². The maximum atomic E-state index is 12.9. The Balaban J connectivity index is 2.07. The highest BCUT2D eigenvalue weighted by Gasteiger charge is 2.25. The SMILES string of the molecule is CCOc1cccn2c(C(=O)N3CCNCC3)c(CC)nc12. The standard InChI is InChI=1S/C16H22N4O2/c1-3-12-14(16(21)19-10-7-17-8-11-19)20-9-5-6-13(22-4-2)15(20)18-12/h5-6,9,17H,3-4,7-8,10-11H2,1-2H3. The van der Waals surface area contributed by atoms with Crippen LogP contribution in [0.4, 0.5) is 0 Å². The summed E-state index contributed by atoms with van der Waals surface area (Å²) in [5.74, 6) is 0.776. The van der Waals surface area contributed by atoms with Crippen LogP contribution in [0, 0.1) is 0 Å². The Morgan fingerprint density at radius 3 is 2.82 bits per heavy atom. The minimum atomic E-state index is 0.0551. The molecule has 1 aliphatic heterocycles. The topological polar surface area (TPSA) is 58.9 Å². The number of hydrogen-bond donors (Lipinski definition) is 1. The van der Waals surface area contributed by atoms with E-state index < -0.39 is 0 Å². The summed E-state index contributed by atoms with van der Waals surface area (Å²) in [5.41, 5.74) is 2.22. The molecule has 0 atom stereocenters. The molecule has 0 spiro atoms. The zero-order valence-corrected chi connectivity index (χ0v) is 13.1. The number of hydrogen-bond acceptors (Lipinski definition) is 4. The van der Waals surface area contributed by atoms with E-state index in [4.69, 9.17) is 4.74 Å². The van der Waals surface area contributed by atoms with Crippen molar-refractivity contribution in [3.63, 3.8) is 0 Å². The average Bonchev–Trinajstić information content (AvgIpc) is 2.95. The van der Waals surface area contributed by atoms with Crippen molar-refractivity contribution in [1.29, 1.82) is 0 Å². The predicted octanol–water partition coefficient (Wildman–Crippen LogP) is 1.34. The van der Waals surface area contributed by atoms with Crippen molar-refractivity contribution in [3.8, 4) is 5.75 Å². The maximum Gasteiger partial charge on any atom is 0.272 e. The van der Waals surface area contributed by atoms with E-state index >= 15 is 0 Å². The fraction of sp³-hybridized carbons (Fsp3) is 0.500. The molecule has 0 radical (unpaired) electrons. The molecule has 0 unspecified atom stereocenters. The van der Waals surface area contributed by atoms with Crippen LogP contribution in [0.25, 0.3) is 5.65 Å². The van der Waals surface area contributed by atoms with Crippen molar-refractivity contribution in [3.05, 3.63) is 29.7 Å². The summed E-state index contributed by atoms with van der Waals surface area (Å²) < 4.78 is 7.51. The minimum Gasteiger partial charge on any atom is -0.490 e. The zero-order valence-electron chi connectivity index (χ0n) is 13.1. The quantitative estimate of drug-likeness (QED) is 0.926. The smallest absolute Gasteiger partial charge is 0.272 e. The van der Waals surface area contributed by atoms with Crippen LogP contribution in [-0.2, 0) is 6.42 Å². The van der Waals surface area contributed by atoms with Gasteiger partial charge in [0, 0.05) is 32.4 Å². The molecule has 22 heavy (non-hydrogen) atoms. The molecule has 118 valence electrons. The summed E-state index contributed by atoms with van der Waals surface area (Å²) in [6.45, 7) is 7.70. The lowest BCUT2D eigenvalue weighted by molar-refractivity contribution is 0.0727. The molecule has 6 nitrogen and oxygen atoms in total. The van der Waals surface area contributed by atoms with Crippen molar-refractivity contribution < 1.29 is 9.53 Å². The highest BCUT2D eigenvalue weighted by atomic mass is 16.5. The van der Waals surface area contributed by atoms with Crippen LogP contribution in [0.3, 0.4) is 0 Å². The summed E-state index contributed by atoms with van der Waals surface area (Å²) >= 11 is 0. The first-order valence-electron chi connectivity index (χ1n) is 7.89. The van der Waals surface area contributed by atoms with Crippen LogP contribution in [0.5, 0.6) is 5.75 Å². The Hall–Kier alpha value is -2.08. The van der Waals surface area contributed by atoms with E-state index in [-0.39, 0.29) is 5.91 Å². The molecule has 0 aromatic carbocycles. The van der Waals surface area contributed by atoms with Gasteiger partial charge in [0.2, 0.25) is 0 Å². The van der Waals surface area contributed by atoms with Gasteiger partial charge in [-0.05, 0) is 25.5 Å². The molecular weight excluding hydrogens is 280 g/mol. The molecule has 1 aliphatic rings. The van der Waals surface area contributed by atoms with Gasteiger partial charge in [-0.2, -0.15) is 0 Å². The first-order chi connectivity index (χ1) is 10.8. The number of piperazine rings is 1. The average molecular weight is 302 g/mol. The number of fused-ring (bicyclic) bond motifs is 1. The van der Waals surface area contributed by atoms with Gasteiger partial charge in [-0.25, -0.2) is 4.98 Å². The van der Waals surface area contributed by atoms with Gasteiger partial charge in [0.05, 0.1) is 12.3 Å². The molecule has 1 fully saturated rings. The third-order valence-corrected chi connectivity index (χ3v) is 3.93. The number of pyridine rings is 1. The van der Waals surface area contributed by atoms with Crippen LogP contribution in [0.1, 0.15) is 30.0 Å². The number of amides is 1. The number of ether oxygens (including phenoxy) is 1. The number of nitrogens with zero attached hydrogens (tertiary/aromatic N) is 3. The molecule has 0 bridgehead atoms. The fourth-order valence-electron chi connectivity index (χ4n) is 2.85. The number of aromatic nitrogens is 2. The molecule has 6 heteroatoms. The van der Waals surface area contributed by atoms with Crippen molar-refractivity contribution in [2.45, 2.75) is 20.3 Å². The predicted molar refractivity (Wildman–Crippen MR) is 84.5 cm³/mol. The molecule has 1 amide bonds. The molecule has 0 saturated carbocycles.